The number of amides is 1. The first-order valence-corrected chi connectivity index (χ1v) is 8.51. The monoisotopic (exact) mass is 421 g/mol. The highest BCUT2D eigenvalue weighted by atomic mass is 19.4. The minimum atomic E-state index is -4.86. The van der Waals surface area contributed by atoms with Crippen LogP contribution in [0.15, 0.2) is 54.9 Å². The molecule has 0 radical (unpaired) electrons. The molecule has 30 heavy (non-hydrogen) atoms. The number of benzene rings is 1. The van der Waals surface area contributed by atoms with Gasteiger partial charge in [0.2, 0.25) is 0 Å². The van der Waals surface area contributed by atoms with E-state index in [4.69, 9.17) is 9.57 Å². The lowest BCUT2D eigenvalue weighted by molar-refractivity contribution is -0.141. The van der Waals surface area contributed by atoms with Gasteiger partial charge in [-0.2, -0.15) is 13.2 Å². The summed E-state index contributed by atoms with van der Waals surface area (Å²) in [5.41, 5.74) is -1.43. The van der Waals surface area contributed by atoms with Gasteiger partial charge in [0.1, 0.15) is 11.5 Å². The number of rotatable bonds is 5. The number of pyridine rings is 2. The standard InChI is InChI=1S/C20H15F4N3O3/c1-12-5-7-14(11-26-12)27(30-16-8-6-13(21)10-17(16)29-2)19(28)15-4-3-9-25-18(15)20(22,23)24/h3-11H,1-2H3. The van der Waals surface area contributed by atoms with Crippen molar-refractivity contribution in [3.05, 3.63) is 77.6 Å². The second-order valence-electron chi connectivity index (χ2n) is 6.04. The third-order valence-electron chi connectivity index (χ3n) is 3.94. The van der Waals surface area contributed by atoms with Crippen LogP contribution in [0, 0.1) is 12.7 Å². The molecule has 0 N–H and O–H groups in total. The molecule has 0 atom stereocenters. The lowest BCUT2D eigenvalue weighted by atomic mass is 10.1. The zero-order chi connectivity index (χ0) is 21.9. The Bertz CT molecular complexity index is 1060. The molecule has 0 aliphatic carbocycles. The second kappa shape index (κ2) is 8.36. The number of ether oxygens (including phenoxy) is 1. The van der Waals surface area contributed by atoms with Crippen molar-refractivity contribution in [2.24, 2.45) is 0 Å². The van der Waals surface area contributed by atoms with E-state index in [2.05, 4.69) is 9.97 Å². The molecule has 1 aromatic carbocycles. The number of anilines is 1. The SMILES string of the molecule is COc1cc(F)ccc1ON(C(=O)c1cccnc1C(F)(F)F)c1ccc(C)nc1. The Morgan fingerprint density at radius 1 is 1.07 bits per heavy atom. The van der Waals surface area contributed by atoms with E-state index >= 15 is 0 Å². The molecule has 0 aliphatic heterocycles. The summed E-state index contributed by atoms with van der Waals surface area (Å²) in [5, 5.41) is 0.619. The molecule has 2 aromatic heterocycles. The number of carbonyl (C=O) groups excluding carboxylic acids is 1. The molecule has 0 bridgehead atoms. The van der Waals surface area contributed by atoms with E-state index in [1.54, 1.807) is 13.0 Å². The van der Waals surface area contributed by atoms with Gasteiger partial charge >= 0.3 is 6.18 Å². The average Bonchev–Trinajstić information content (AvgIpc) is 2.72. The molecule has 0 unspecified atom stereocenters. The Morgan fingerprint density at radius 2 is 1.83 bits per heavy atom. The summed E-state index contributed by atoms with van der Waals surface area (Å²) >= 11 is 0. The Hall–Kier alpha value is -3.69. The first kappa shape index (κ1) is 21.0. The molecule has 3 aromatic rings. The molecule has 0 fully saturated rings. The number of hydrogen-bond acceptors (Lipinski definition) is 5. The van der Waals surface area contributed by atoms with E-state index in [0.717, 1.165) is 24.4 Å². The van der Waals surface area contributed by atoms with Crippen LogP contribution in [0.2, 0.25) is 0 Å². The second-order valence-corrected chi connectivity index (χ2v) is 6.04. The molecular formula is C20H15F4N3O3. The quantitative estimate of drug-likeness (QED) is 0.445. The maximum Gasteiger partial charge on any atom is 0.434 e. The third-order valence-corrected chi connectivity index (χ3v) is 3.94. The van der Waals surface area contributed by atoms with Crippen molar-refractivity contribution < 1.29 is 31.9 Å². The van der Waals surface area contributed by atoms with Crippen LogP contribution in [0.5, 0.6) is 11.5 Å². The molecule has 3 rings (SSSR count). The largest absolute Gasteiger partial charge is 0.493 e. The summed E-state index contributed by atoms with van der Waals surface area (Å²) in [6, 6.07) is 8.43. The molecule has 6 nitrogen and oxygen atoms in total. The van der Waals surface area contributed by atoms with Crippen molar-refractivity contribution in [2.75, 3.05) is 12.2 Å². The van der Waals surface area contributed by atoms with Crippen molar-refractivity contribution in [1.82, 2.24) is 9.97 Å². The van der Waals surface area contributed by atoms with E-state index in [1.165, 1.54) is 31.5 Å². The number of halogens is 4. The van der Waals surface area contributed by atoms with Gasteiger partial charge < -0.3 is 9.57 Å². The van der Waals surface area contributed by atoms with Crippen LogP contribution in [0.1, 0.15) is 21.7 Å². The van der Waals surface area contributed by atoms with Gasteiger partial charge in [-0.3, -0.25) is 14.8 Å². The van der Waals surface area contributed by atoms with Crippen LogP contribution in [0.25, 0.3) is 0 Å². The maximum atomic E-state index is 13.5. The van der Waals surface area contributed by atoms with Gasteiger partial charge in [-0.1, -0.05) is 0 Å². The highest BCUT2D eigenvalue weighted by Crippen LogP contribution is 2.33. The van der Waals surface area contributed by atoms with Crippen LogP contribution in [0.3, 0.4) is 0 Å². The molecule has 2 heterocycles. The van der Waals surface area contributed by atoms with Gasteiger partial charge in [0, 0.05) is 18.0 Å². The molecule has 10 heteroatoms. The summed E-state index contributed by atoms with van der Waals surface area (Å²) in [7, 11) is 1.25. The van der Waals surface area contributed by atoms with Crippen molar-refractivity contribution in [3.63, 3.8) is 0 Å². The molecule has 0 spiro atoms. The van der Waals surface area contributed by atoms with E-state index in [0.29, 0.717) is 10.8 Å². The topological polar surface area (TPSA) is 64.6 Å². The van der Waals surface area contributed by atoms with Gasteiger partial charge in [-0.15, -0.1) is 5.06 Å². The van der Waals surface area contributed by atoms with Gasteiger partial charge in [0.25, 0.3) is 5.91 Å². The van der Waals surface area contributed by atoms with Crippen LogP contribution in [-0.2, 0) is 6.18 Å². The predicted octanol–water partition coefficient (Wildman–Crippen LogP) is 4.59. The van der Waals surface area contributed by atoms with Crippen molar-refractivity contribution >= 4 is 11.6 Å². The number of carbonyl (C=O) groups is 1. The lowest BCUT2D eigenvalue weighted by Crippen LogP contribution is -2.36. The molecule has 0 aliphatic rings. The smallest absolute Gasteiger partial charge is 0.434 e. The third kappa shape index (κ3) is 4.48. The first-order valence-electron chi connectivity index (χ1n) is 8.51. The van der Waals surface area contributed by atoms with E-state index in [1.807, 2.05) is 0 Å². The van der Waals surface area contributed by atoms with Crippen molar-refractivity contribution in [3.8, 4) is 11.5 Å². The van der Waals surface area contributed by atoms with Gasteiger partial charge in [0.05, 0.1) is 18.9 Å². The number of methoxy groups -OCH3 is 1. The number of nitrogens with zero attached hydrogens (tertiary/aromatic N) is 3. The molecular weight excluding hydrogens is 406 g/mol. The average molecular weight is 421 g/mol. The number of aromatic nitrogens is 2. The fourth-order valence-electron chi connectivity index (χ4n) is 2.52. The lowest BCUT2D eigenvalue weighted by Gasteiger charge is -2.24. The summed E-state index contributed by atoms with van der Waals surface area (Å²) in [6.07, 6.45) is -2.68. The zero-order valence-corrected chi connectivity index (χ0v) is 15.8. The van der Waals surface area contributed by atoms with E-state index < -0.39 is 29.2 Å². The summed E-state index contributed by atoms with van der Waals surface area (Å²) < 4.78 is 58.6. The molecule has 156 valence electrons. The fraction of sp³-hybridized carbons (Fsp3) is 0.150. The number of hydroxylamine groups is 1. The fourth-order valence-corrected chi connectivity index (χ4v) is 2.52. The minimum Gasteiger partial charge on any atom is -0.493 e. The van der Waals surface area contributed by atoms with Crippen molar-refractivity contribution in [1.29, 1.82) is 0 Å². The first-order chi connectivity index (χ1) is 14.2. The molecule has 1 amide bonds. The highest BCUT2D eigenvalue weighted by Gasteiger charge is 2.39. The summed E-state index contributed by atoms with van der Waals surface area (Å²) in [4.78, 5) is 26.0. The molecule has 0 saturated carbocycles. The molecule has 0 saturated heterocycles. The Morgan fingerprint density at radius 3 is 2.47 bits per heavy atom. The number of hydrogen-bond donors (Lipinski definition) is 0. The van der Waals surface area contributed by atoms with Gasteiger partial charge in [0.15, 0.2) is 17.2 Å². The normalized spacial score (nSPS) is 11.1. The van der Waals surface area contributed by atoms with Crippen LogP contribution in [-0.4, -0.2) is 23.0 Å². The zero-order valence-electron chi connectivity index (χ0n) is 15.8. The van der Waals surface area contributed by atoms with Crippen LogP contribution < -0.4 is 14.6 Å². The predicted molar refractivity (Wildman–Crippen MR) is 98.6 cm³/mol. The van der Waals surface area contributed by atoms with Crippen LogP contribution >= 0.6 is 0 Å². The van der Waals surface area contributed by atoms with Gasteiger partial charge in [-0.05, 0) is 43.3 Å². The summed E-state index contributed by atoms with van der Waals surface area (Å²) in [6.45, 7) is 1.70. The number of alkyl halides is 3. The Labute approximate surface area is 168 Å². The van der Waals surface area contributed by atoms with E-state index in [9.17, 15) is 22.4 Å². The van der Waals surface area contributed by atoms with Crippen LogP contribution in [0.4, 0.5) is 23.2 Å². The Balaban J connectivity index is 2.10. The van der Waals surface area contributed by atoms with Gasteiger partial charge in [-0.25, -0.2) is 4.39 Å². The summed E-state index contributed by atoms with van der Waals surface area (Å²) in [5.74, 6) is -1.92. The Kier molecular flexibility index (Phi) is 5.86. The van der Waals surface area contributed by atoms with E-state index in [-0.39, 0.29) is 17.2 Å². The minimum absolute atomic E-state index is 0.0500. The number of aryl methyl sites for hydroxylation is 1. The maximum absolute atomic E-state index is 13.5. The van der Waals surface area contributed by atoms with Crippen molar-refractivity contribution in [2.45, 2.75) is 13.1 Å². The highest BCUT2D eigenvalue weighted by molar-refractivity contribution is 6.05.